The van der Waals surface area contributed by atoms with Crippen LogP contribution >= 0.6 is 11.6 Å². The molecule has 7 nitrogen and oxygen atoms in total. The van der Waals surface area contributed by atoms with E-state index in [9.17, 15) is 0 Å². The van der Waals surface area contributed by atoms with Crippen molar-refractivity contribution in [2.45, 2.75) is 13.3 Å². The largest absolute Gasteiger partial charge is 0.352 e. The number of halogens is 1. The van der Waals surface area contributed by atoms with Crippen LogP contribution in [0.15, 0.2) is 22.9 Å². The Hall–Kier alpha value is -2.15. The highest BCUT2D eigenvalue weighted by Crippen LogP contribution is 2.11. The van der Waals surface area contributed by atoms with Crippen LogP contribution in [0.2, 0.25) is 5.02 Å². The average Bonchev–Trinajstić information content (AvgIpc) is 2.95. The molecule has 0 saturated heterocycles. The summed E-state index contributed by atoms with van der Waals surface area (Å²) < 4.78 is 6.52. The molecule has 0 radical (unpaired) electrons. The van der Waals surface area contributed by atoms with Gasteiger partial charge in [0.15, 0.2) is 11.5 Å². The lowest BCUT2D eigenvalue weighted by atomic mass is 10.4. The zero-order valence-corrected chi connectivity index (χ0v) is 10.9. The van der Waals surface area contributed by atoms with Gasteiger partial charge in [-0.2, -0.15) is 9.97 Å². The van der Waals surface area contributed by atoms with Crippen LogP contribution in [0.5, 0.6) is 0 Å². The molecule has 1 N–H and O–H groups in total. The Morgan fingerprint density at radius 2 is 2.26 bits per heavy atom. The fourth-order valence-electron chi connectivity index (χ4n) is 1.66. The molecule has 0 unspecified atom stereocenters. The van der Waals surface area contributed by atoms with Crippen LogP contribution in [0.3, 0.4) is 0 Å². The number of nitrogens with zero attached hydrogens (tertiary/aromatic N) is 5. The van der Waals surface area contributed by atoms with Crippen molar-refractivity contribution in [2.24, 2.45) is 0 Å². The monoisotopic (exact) mass is 278 g/mol. The van der Waals surface area contributed by atoms with Crippen molar-refractivity contribution < 1.29 is 4.52 Å². The predicted molar refractivity (Wildman–Crippen MR) is 69.2 cm³/mol. The lowest BCUT2D eigenvalue weighted by Crippen LogP contribution is -2.07. The summed E-state index contributed by atoms with van der Waals surface area (Å²) in [5.41, 5.74) is 0.738. The van der Waals surface area contributed by atoms with Crippen molar-refractivity contribution >= 4 is 23.2 Å². The van der Waals surface area contributed by atoms with Crippen molar-refractivity contribution in [3.63, 3.8) is 0 Å². The van der Waals surface area contributed by atoms with Crippen LogP contribution in [0.4, 0.5) is 5.95 Å². The van der Waals surface area contributed by atoms with E-state index in [4.69, 9.17) is 16.1 Å². The van der Waals surface area contributed by atoms with E-state index in [1.165, 1.54) is 0 Å². The Morgan fingerprint density at radius 1 is 1.37 bits per heavy atom. The van der Waals surface area contributed by atoms with Gasteiger partial charge in [-0.1, -0.05) is 16.8 Å². The molecule has 0 aromatic carbocycles. The molecule has 0 atom stereocenters. The topological polar surface area (TPSA) is 81.1 Å². The van der Waals surface area contributed by atoms with E-state index in [1.807, 2.05) is 6.07 Å². The van der Waals surface area contributed by atoms with Crippen molar-refractivity contribution in [1.82, 2.24) is 24.7 Å². The van der Waals surface area contributed by atoms with Crippen molar-refractivity contribution in [3.05, 3.63) is 35.1 Å². The van der Waals surface area contributed by atoms with E-state index in [0.29, 0.717) is 35.7 Å². The third-order valence-electron chi connectivity index (χ3n) is 2.50. The number of fused-ring (bicyclic) bond motifs is 1. The quantitative estimate of drug-likeness (QED) is 0.783. The standard InChI is InChI=1S/C11H11ClN6O/c1-7-14-9(17-19-7)4-5-13-11-15-10-3-2-8(12)6-18(10)16-11/h2-3,6H,4-5H2,1H3,(H,13,16). The minimum atomic E-state index is 0.544. The third-order valence-corrected chi connectivity index (χ3v) is 2.72. The number of rotatable bonds is 4. The first-order valence-electron chi connectivity index (χ1n) is 5.76. The molecule has 8 heteroatoms. The minimum Gasteiger partial charge on any atom is -0.352 e. The summed E-state index contributed by atoms with van der Waals surface area (Å²) in [5, 5.41) is 11.8. The van der Waals surface area contributed by atoms with Gasteiger partial charge in [-0.3, -0.25) is 0 Å². The molecular formula is C11H11ClN6O. The molecule has 3 rings (SSSR count). The molecule has 0 aliphatic heterocycles. The molecule has 3 aromatic heterocycles. The molecule has 3 heterocycles. The molecular weight excluding hydrogens is 268 g/mol. The van der Waals surface area contributed by atoms with Gasteiger partial charge in [0.05, 0.1) is 5.02 Å². The second-order valence-electron chi connectivity index (χ2n) is 3.99. The normalized spacial score (nSPS) is 11.1. The highest BCUT2D eigenvalue weighted by molar-refractivity contribution is 6.30. The van der Waals surface area contributed by atoms with Crippen LogP contribution in [0.1, 0.15) is 11.7 Å². The molecule has 0 aliphatic rings. The van der Waals surface area contributed by atoms with Gasteiger partial charge >= 0.3 is 0 Å². The second-order valence-corrected chi connectivity index (χ2v) is 4.43. The molecule has 0 amide bonds. The SMILES string of the molecule is Cc1nc(CCNc2nc3ccc(Cl)cn3n2)no1. The number of anilines is 1. The van der Waals surface area contributed by atoms with E-state index in [2.05, 4.69) is 25.5 Å². The Morgan fingerprint density at radius 3 is 3.05 bits per heavy atom. The highest BCUT2D eigenvalue weighted by Gasteiger charge is 2.05. The number of nitrogens with one attached hydrogen (secondary N) is 1. The molecule has 0 saturated carbocycles. The third kappa shape index (κ3) is 2.65. The van der Waals surface area contributed by atoms with Crippen molar-refractivity contribution in [3.8, 4) is 0 Å². The first kappa shape index (κ1) is 11.9. The summed E-state index contributed by atoms with van der Waals surface area (Å²) in [7, 11) is 0. The summed E-state index contributed by atoms with van der Waals surface area (Å²) in [6.07, 6.45) is 2.35. The number of pyridine rings is 1. The Labute approximate surface area is 113 Å². The minimum absolute atomic E-state index is 0.544. The molecule has 3 aromatic rings. The van der Waals surface area contributed by atoms with Crippen molar-refractivity contribution in [2.75, 3.05) is 11.9 Å². The Kier molecular flexibility index (Phi) is 3.04. The number of hydrogen-bond acceptors (Lipinski definition) is 6. The van der Waals surface area contributed by atoms with E-state index in [1.54, 1.807) is 23.7 Å². The summed E-state index contributed by atoms with van der Waals surface area (Å²) in [6.45, 7) is 2.39. The fraction of sp³-hybridized carbons (Fsp3) is 0.273. The average molecular weight is 279 g/mol. The van der Waals surface area contributed by atoms with Crippen LogP contribution in [-0.2, 0) is 6.42 Å². The summed E-state index contributed by atoms with van der Waals surface area (Å²) in [5.74, 6) is 1.77. The van der Waals surface area contributed by atoms with E-state index in [-0.39, 0.29) is 0 Å². The number of aromatic nitrogens is 5. The lowest BCUT2D eigenvalue weighted by Gasteiger charge is -1.96. The van der Waals surface area contributed by atoms with Gasteiger partial charge in [0, 0.05) is 26.1 Å². The Bertz CT molecular complexity index is 706. The van der Waals surface area contributed by atoms with Crippen LogP contribution in [0.25, 0.3) is 5.65 Å². The first-order valence-corrected chi connectivity index (χ1v) is 6.13. The maximum Gasteiger partial charge on any atom is 0.243 e. The van der Waals surface area contributed by atoms with E-state index >= 15 is 0 Å². The summed E-state index contributed by atoms with van der Waals surface area (Å²) in [6, 6.07) is 3.58. The van der Waals surface area contributed by atoms with Gasteiger partial charge in [-0.25, -0.2) is 4.52 Å². The van der Waals surface area contributed by atoms with Crippen LogP contribution < -0.4 is 5.32 Å². The number of hydrogen-bond donors (Lipinski definition) is 1. The summed E-state index contributed by atoms with van der Waals surface area (Å²) in [4.78, 5) is 8.42. The highest BCUT2D eigenvalue weighted by atomic mass is 35.5. The molecule has 0 fully saturated rings. The smallest absolute Gasteiger partial charge is 0.243 e. The van der Waals surface area contributed by atoms with E-state index < -0.39 is 0 Å². The van der Waals surface area contributed by atoms with Gasteiger partial charge in [-0.05, 0) is 12.1 Å². The molecule has 0 aliphatic carbocycles. The predicted octanol–water partition coefficient (Wildman–Crippen LogP) is 1.73. The Balaban J connectivity index is 1.65. The number of aryl methyl sites for hydroxylation is 1. The first-order chi connectivity index (χ1) is 9.20. The van der Waals surface area contributed by atoms with Gasteiger partial charge in [0.25, 0.3) is 0 Å². The van der Waals surface area contributed by atoms with Crippen LogP contribution in [-0.4, -0.2) is 31.3 Å². The van der Waals surface area contributed by atoms with Crippen molar-refractivity contribution in [1.29, 1.82) is 0 Å². The molecule has 0 bridgehead atoms. The summed E-state index contributed by atoms with van der Waals surface area (Å²) >= 11 is 5.88. The van der Waals surface area contributed by atoms with Gasteiger partial charge in [-0.15, -0.1) is 5.10 Å². The van der Waals surface area contributed by atoms with Gasteiger partial charge < -0.3 is 9.84 Å². The van der Waals surface area contributed by atoms with Crippen LogP contribution in [0, 0.1) is 6.92 Å². The molecule has 0 spiro atoms. The zero-order valence-electron chi connectivity index (χ0n) is 10.2. The second kappa shape index (κ2) is 4.85. The van der Waals surface area contributed by atoms with E-state index in [0.717, 1.165) is 5.65 Å². The maximum atomic E-state index is 5.88. The van der Waals surface area contributed by atoms with Gasteiger partial charge in [0.1, 0.15) is 0 Å². The zero-order chi connectivity index (χ0) is 13.2. The molecule has 19 heavy (non-hydrogen) atoms. The fourth-order valence-corrected chi connectivity index (χ4v) is 1.82. The molecule has 98 valence electrons. The van der Waals surface area contributed by atoms with Gasteiger partial charge in [0.2, 0.25) is 11.8 Å². The lowest BCUT2D eigenvalue weighted by molar-refractivity contribution is 0.387. The maximum absolute atomic E-state index is 5.88.